The fourth-order valence-corrected chi connectivity index (χ4v) is 2.86. The molecule has 0 saturated carbocycles. The van der Waals surface area contributed by atoms with E-state index in [1.54, 1.807) is 0 Å². The number of nitrogens with two attached hydrogens (primary N) is 1. The van der Waals surface area contributed by atoms with Gasteiger partial charge in [-0.2, -0.15) is 0 Å². The van der Waals surface area contributed by atoms with E-state index in [1.165, 1.54) is 0 Å². The van der Waals surface area contributed by atoms with Crippen LogP contribution in [0.3, 0.4) is 0 Å². The molecule has 1 aromatic carbocycles. The van der Waals surface area contributed by atoms with Crippen molar-refractivity contribution in [3.05, 3.63) is 34.3 Å². The van der Waals surface area contributed by atoms with Gasteiger partial charge in [0.2, 0.25) is 0 Å². The molecule has 1 aromatic rings. The fraction of sp³-hybridized carbons (Fsp3) is 0.538. The van der Waals surface area contributed by atoms with E-state index in [1.807, 2.05) is 29.2 Å². The monoisotopic (exact) mass is 314 g/mol. The summed E-state index contributed by atoms with van der Waals surface area (Å²) in [5, 5.41) is 18.9. The van der Waals surface area contributed by atoms with Gasteiger partial charge < -0.3 is 15.9 Å². The molecule has 18 heavy (non-hydrogen) atoms. The van der Waals surface area contributed by atoms with Crippen molar-refractivity contribution < 1.29 is 10.2 Å². The Balaban J connectivity index is 1.86. The summed E-state index contributed by atoms with van der Waals surface area (Å²) in [7, 11) is 0. The summed E-state index contributed by atoms with van der Waals surface area (Å²) < 4.78 is 1.03. The third kappa shape index (κ3) is 3.30. The summed E-state index contributed by atoms with van der Waals surface area (Å²) in [6.07, 6.45) is -0.434. The predicted octanol–water partition coefficient (Wildman–Crippen LogP) is 0.876. The van der Waals surface area contributed by atoms with Gasteiger partial charge in [0.25, 0.3) is 0 Å². The molecule has 5 heteroatoms. The zero-order valence-corrected chi connectivity index (χ0v) is 11.8. The third-order valence-corrected chi connectivity index (χ3v) is 4.12. The summed E-state index contributed by atoms with van der Waals surface area (Å²) in [6, 6.07) is 7.91. The lowest BCUT2D eigenvalue weighted by Gasteiger charge is -2.19. The number of aliphatic hydroxyl groups excluding tert-OH is 2. The van der Waals surface area contributed by atoms with Crippen molar-refractivity contribution in [3.8, 4) is 0 Å². The van der Waals surface area contributed by atoms with Crippen LogP contribution in [0.2, 0.25) is 0 Å². The van der Waals surface area contributed by atoms with Crippen molar-refractivity contribution in [2.75, 3.05) is 19.6 Å². The second-order valence-corrected chi connectivity index (χ2v) is 5.67. The number of rotatable bonds is 4. The van der Waals surface area contributed by atoms with Crippen LogP contribution in [0.4, 0.5) is 0 Å². The summed E-state index contributed by atoms with van der Waals surface area (Å²) in [6.45, 7) is 1.85. The van der Waals surface area contributed by atoms with Crippen molar-refractivity contribution in [1.82, 2.24) is 4.90 Å². The summed E-state index contributed by atoms with van der Waals surface area (Å²) in [5.74, 6) is 0. The van der Waals surface area contributed by atoms with Gasteiger partial charge in [0.1, 0.15) is 0 Å². The largest absolute Gasteiger partial charge is 0.389 e. The predicted molar refractivity (Wildman–Crippen MR) is 74.1 cm³/mol. The molecular weight excluding hydrogens is 296 g/mol. The molecule has 1 fully saturated rings. The van der Waals surface area contributed by atoms with Gasteiger partial charge in [-0.05, 0) is 18.1 Å². The van der Waals surface area contributed by atoms with Gasteiger partial charge in [-0.25, -0.2) is 0 Å². The molecule has 100 valence electrons. The van der Waals surface area contributed by atoms with Crippen molar-refractivity contribution >= 4 is 15.9 Å². The van der Waals surface area contributed by atoms with Crippen LogP contribution in [-0.2, 0) is 0 Å². The Labute approximate surface area is 116 Å². The minimum Gasteiger partial charge on any atom is -0.389 e. The maximum absolute atomic E-state index is 9.46. The molecule has 4 N–H and O–H groups in total. The van der Waals surface area contributed by atoms with E-state index in [2.05, 4.69) is 15.9 Å². The Bertz CT molecular complexity index is 392. The Morgan fingerprint density at radius 2 is 1.89 bits per heavy atom. The number of benzene rings is 1. The van der Waals surface area contributed by atoms with Crippen LogP contribution in [0.5, 0.6) is 0 Å². The zero-order valence-electron chi connectivity index (χ0n) is 10.2. The fourth-order valence-electron chi connectivity index (χ4n) is 2.28. The van der Waals surface area contributed by atoms with Crippen molar-refractivity contribution in [1.29, 1.82) is 0 Å². The zero-order chi connectivity index (χ0) is 13.1. The van der Waals surface area contributed by atoms with Crippen LogP contribution in [0.25, 0.3) is 0 Å². The van der Waals surface area contributed by atoms with Crippen LogP contribution >= 0.6 is 15.9 Å². The van der Waals surface area contributed by atoms with Gasteiger partial charge in [-0.3, -0.25) is 4.90 Å². The quantitative estimate of drug-likeness (QED) is 0.771. The summed E-state index contributed by atoms with van der Waals surface area (Å²) in [5.41, 5.74) is 7.26. The first kappa shape index (κ1) is 14.0. The molecule has 0 aromatic heterocycles. The van der Waals surface area contributed by atoms with Crippen LogP contribution in [0.1, 0.15) is 18.0 Å². The highest BCUT2D eigenvalue weighted by Crippen LogP contribution is 2.24. The molecule has 0 aliphatic carbocycles. The highest BCUT2D eigenvalue weighted by molar-refractivity contribution is 9.10. The lowest BCUT2D eigenvalue weighted by atomic mass is 10.0. The van der Waals surface area contributed by atoms with E-state index in [-0.39, 0.29) is 6.04 Å². The van der Waals surface area contributed by atoms with Crippen molar-refractivity contribution in [2.24, 2.45) is 5.73 Å². The van der Waals surface area contributed by atoms with Gasteiger partial charge in [0.15, 0.2) is 0 Å². The lowest BCUT2D eigenvalue weighted by Crippen LogP contribution is -2.26. The molecule has 1 aliphatic heterocycles. The molecule has 1 aliphatic rings. The molecule has 0 radical (unpaired) electrons. The van der Waals surface area contributed by atoms with E-state index < -0.39 is 12.2 Å². The smallest absolute Gasteiger partial charge is 0.0938 e. The first-order valence-corrected chi connectivity index (χ1v) is 6.95. The topological polar surface area (TPSA) is 69.7 Å². The molecule has 1 heterocycles. The third-order valence-electron chi connectivity index (χ3n) is 3.40. The second-order valence-electron chi connectivity index (χ2n) is 4.81. The van der Waals surface area contributed by atoms with E-state index in [0.717, 1.165) is 23.0 Å². The first-order valence-electron chi connectivity index (χ1n) is 6.16. The second kappa shape index (κ2) is 6.12. The molecule has 3 unspecified atom stereocenters. The average Bonchev–Trinajstić information content (AvgIpc) is 2.66. The normalized spacial score (nSPS) is 26.4. The minimum absolute atomic E-state index is 0.0320. The Kier molecular flexibility index (Phi) is 4.75. The number of hydrogen-bond donors (Lipinski definition) is 3. The molecule has 3 atom stereocenters. The van der Waals surface area contributed by atoms with E-state index >= 15 is 0 Å². The van der Waals surface area contributed by atoms with Gasteiger partial charge in [-0.15, -0.1) is 0 Å². The highest BCUT2D eigenvalue weighted by atomic mass is 79.9. The number of nitrogens with zero attached hydrogens (tertiary/aromatic N) is 1. The van der Waals surface area contributed by atoms with E-state index in [9.17, 15) is 10.2 Å². The van der Waals surface area contributed by atoms with Gasteiger partial charge in [0.05, 0.1) is 12.2 Å². The molecule has 0 amide bonds. The van der Waals surface area contributed by atoms with Crippen LogP contribution in [0, 0.1) is 0 Å². The van der Waals surface area contributed by atoms with Gasteiger partial charge in [0, 0.05) is 30.1 Å². The summed E-state index contributed by atoms with van der Waals surface area (Å²) >= 11 is 3.50. The summed E-state index contributed by atoms with van der Waals surface area (Å²) in [4.78, 5) is 2.05. The Morgan fingerprint density at radius 3 is 2.50 bits per heavy atom. The number of hydrogen-bond acceptors (Lipinski definition) is 4. The van der Waals surface area contributed by atoms with Gasteiger partial charge >= 0.3 is 0 Å². The number of aliphatic hydroxyl groups is 2. The maximum Gasteiger partial charge on any atom is 0.0938 e. The molecule has 0 bridgehead atoms. The minimum atomic E-state index is -0.621. The number of β-amino-alcohol motifs (C(OH)–C–C–N with tert-alkyl or cyclic N) is 2. The lowest BCUT2D eigenvalue weighted by molar-refractivity contribution is 0.0572. The first-order chi connectivity index (χ1) is 8.58. The van der Waals surface area contributed by atoms with Crippen LogP contribution in [-0.4, -0.2) is 47.0 Å². The van der Waals surface area contributed by atoms with Crippen molar-refractivity contribution in [2.45, 2.75) is 24.7 Å². The van der Waals surface area contributed by atoms with Crippen LogP contribution < -0.4 is 5.73 Å². The Hall–Kier alpha value is -0.460. The van der Waals surface area contributed by atoms with E-state index in [4.69, 9.17) is 5.73 Å². The number of halogens is 1. The SMILES string of the molecule is NC(CCN1CC(O)C(O)C1)c1ccccc1Br. The molecule has 0 spiro atoms. The molecule has 2 rings (SSSR count). The molecule has 4 nitrogen and oxygen atoms in total. The Morgan fingerprint density at radius 1 is 1.28 bits per heavy atom. The van der Waals surface area contributed by atoms with Crippen LogP contribution in [0.15, 0.2) is 28.7 Å². The van der Waals surface area contributed by atoms with E-state index in [0.29, 0.717) is 13.1 Å². The molecule has 1 saturated heterocycles. The average molecular weight is 315 g/mol. The number of likely N-dealkylation sites (tertiary alicyclic amines) is 1. The van der Waals surface area contributed by atoms with Gasteiger partial charge in [-0.1, -0.05) is 34.1 Å². The highest BCUT2D eigenvalue weighted by Gasteiger charge is 2.29. The van der Waals surface area contributed by atoms with Crippen molar-refractivity contribution in [3.63, 3.8) is 0 Å². The molecular formula is C13H19BrN2O2. The standard InChI is InChI=1S/C13H19BrN2O2/c14-10-4-2-1-3-9(10)11(15)5-6-16-7-12(17)13(18)8-16/h1-4,11-13,17-18H,5-8,15H2. The maximum atomic E-state index is 9.46.